The first-order valence-corrected chi connectivity index (χ1v) is 26.2. The first-order valence-electron chi connectivity index (χ1n) is 25.2. The molecule has 6 heterocycles. The first kappa shape index (κ1) is 51.2. The Kier molecular flexibility index (Phi) is 20.5. The summed E-state index contributed by atoms with van der Waals surface area (Å²) in [6.07, 6.45) is 14.5. The predicted octanol–water partition coefficient (Wildman–Crippen LogP) is 2.94. The number of aromatic nitrogens is 3. The van der Waals surface area contributed by atoms with E-state index in [1.807, 2.05) is 30.5 Å². The largest absolute Gasteiger partial charge is 0.378 e. The molecule has 0 aliphatic carbocycles. The second-order valence-corrected chi connectivity index (χ2v) is 20.0. The fraction of sp³-hybridized carbons (Fsp3) is 0.826. The number of rotatable bonds is 27. The number of carbonyl (C=O) groups excluding carboxylic acids is 5. The van der Waals surface area contributed by atoms with Crippen LogP contribution in [0.2, 0.25) is 0 Å². The van der Waals surface area contributed by atoms with Gasteiger partial charge in [0.1, 0.15) is 18.6 Å². The maximum atomic E-state index is 13.6. The van der Waals surface area contributed by atoms with Crippen LogP contribution < -0.4 is 36.8 Å². The number of amides is 6. The minimum atomic E-state index is -0.669. The Bertz CT molecular complexity index is 1730. The summed E-state index contributed by atoms with van der Waals surface area (Å²) < 4.78 is 5.58. The number of hydrogen-bond acceptors (Lipinski definition) is 14. The molecule has 0 unspecified atom stereocenters. The lowest BCUT2D eigenvalue weighted by atomic mass is 9.93. The number of ether oxygens (including phenoxy) is 1. The van der Waals surface area contributed by atoms with E-state index in [-0.39, 0.29) is 54.2 Å². The number of nitrogens with two attached hydrogens (primary N) is 1. The van der Waals surface area contributed by atoms with Gasteiger partial charge in [-0.2, -0.15) is 26.7 Å². The minimum Gasteiger partial charge on any atom is -0.378 e. The summed E-state index contributed by atoms with van der Waals surface area (Å²) in [6, 6.07) is -0.792. The molecular formula is C46H79N13O6S. The highest BCUT2D eigenvalue weighted by molar-refractivity contribution is 8.00. The second-order valence-electron chi connectivity index (χ2n) is 18.7. The number of nitrogens with one attached hydrogen (secondary N) is 4. The van der Waals surface area contributed by atoms with E-state index in [0.717, 1.165) is 109 Å². The molecule has 6 N–H and O–H groups in total. The molecule has 19 nitrogen and oxygen atoms in total. The molecular weight excluding hydrogens is 863 g/mol. The van der Waals surface area contributed by atoms with Crippen LogP contribution in [0.3, 0.4) is 0 Å². The molecule has 5 aliphatic heterocycles. The topological polar surface area (TPSA) is 224 Å². The van der Waals surface area contributed by atoms with E-state index in [2.05, 4.69) is 31.1 Å². The molecule has 0 radical (unpaired) electrons. The molecule has 1 aromatic heterocycles. The summed E-state index contributed by atoms with van der Waals surface area (Å²) in [7, 11) is 1.69. The molecule has 370 valence electrons. The number of likely N-dealkylation sites (N-methyl/N-ethyl adjacent to an activating group) is 1. The van der Waals surface area contributed by atoms with E-state index in [1.165, 1.54) is 4.90 Å². The third-order valence-corrected chi connectivity index (χ3v) is 15.5. The lowest BCUT2D eigenvalue weighted by Gasteiger charge is -2.43. The average Bonchev–Trinajstić information content (AvgIpc) is 3.89. The summed E-state index contributed by atoms with van der Waals surface area (Å²) in [5.74, 6) is 2.59. The number of fused-ring (bicyclic) bond motifs is 1. The molecule has 6 rings (SSSR count). The Morgan fingerprint density at radius 3 is 2.20 bits per heavy atom. The van der Waals surface area contributed by atoms with Crippen molar-refractivity contribution in [2.45, 2.75) is 146 Å². The molecule has 0 bridgehead atoms. The van der Waals surface area contributed by atoms with Gasteiger partial charge in [-0.1, -0.05) is 65.2 Å². The number of morpholine rings is 1. The SMILES string of the molecule is CC[C@H](C)[C@H]1C(=O)N([C@@H](CCCCN)C(=O)NCCCCCCCCCCC(=O)N2CCN(c3nc(NCCCC[C@@H]4SC[C@@H]5NC(=O)N[C@@H]54)nc(N4CCOCC4)n3)CC2)CC(=O)N1C. The van der Waals surface area contributed by atoms with E-state index in [4.69, 9.17) is 25.4 Å². The summed E-state index contributed by atoms with van der Waals surface area (Å²) >= 11 is 1.94. The molecule has 5 fully saturated rings. The summed E-state index contributed by atoms with van der Waals surface area (Å²) in [4.78, 5) is 88.8. The maximum Gasteiger partial charge on any atom is 0.315 e. The molecule has 0 saturated carbocycles. The van der Waals surface area contributed by atoms with Gasteiger partial charge in [-0.25, -0.2) is 4.79 Å². The number of hydrogen-bond donors (Lipinski definition) is 5. The van der Waals surface area contributed by atoms with E-state index < -0.39 is 12.1 Å². The number of unbranched alkanes of at least 4 members (excludes halogenated alkanes) is 9. The molecule has 66 heavy (non-hydrogen) atoms. The predicted molar refractivity (Wildman–Crippen MR) is 258 cm³/mol. The standard InChI is InChI=1S/C46H79N13O6S/c1-4-33(2)40-42(63)59(31-38(61)55(40)3)35(17-12-14-20-47)41(62)48-21-15-10-8-6-5-7-9-11-19-37(60)56-23-25-57(26-24-56)44-52-43(53-45(54-44)58-27-29-65-30-28-58)49-22-16-13-18-36-39-34(32-66-36)50-46(64)51-39/h33-36,39-40H,4-32,47H2,1-3H3,(H,48,62)(H2,50,51,64)(H,49,52,53,54)/t33-,34-,35-,36-,39-,40-/m0/s1. The molecule has 5 saturated heterocycles. The van der Waals surface area contributed by atoms with E-state index in [9.17, 15) is 24.0 Å². The van der Waals surface area contributed by atoms with Gasteiger partial charge in [-0.15, -0.1) is 0 Å². The van der Waals surface area contributed by atoms with Crippen molar-refractivity contribution in [3.63, 3.8) is 0 Å². The van der Waals surface area contributed by atoms with Crippen molar-refractivity contribution in [3.8, 4) is 0 Å². The van der Waals surface area contributed by atoms with Crippen LogP contribution in [0, 0.1) is 5.92 Å². The number of carbonyl (C=O) groups is 5. The Balaban J connectivity index is 0.836. The smallest absolute Gasteiger partial charge is 0.315 e. The number of piperazine rings is 2. The van der Waals surface area contributed by atoms with Gasteiger partial charge >= 0.3 is 6.03 Å². The van der Waals surface area contributed by atoms with Crippen LogP contribution in [-0.4, -0.2) is 180 Å². The number of anilines is 3. The van der Waals surface area contributed by atoms with Crippen molar-refractivity contribution in [1.82, 2.24) is 45.6 Å². The normalized spacial score (nSPS) is 23.2. The Labute approximate surface area is 396 Å². The van der Waals surface area contributed by atoms with Gasteiger partial charge in [0.25, 0.3) is 0 Å². The Hall–Kier alpha value is -4.17. The van der Waals surface area contributed by atoms with Crippen LogP contribution in [0.5, 0.6) is 0 Å². The zero-order valence-corrected chi connectivity index (χ0v) is 40.8. The van der Waals surface area contributed by atoms with Gasteiger partial charge in [-0.05, 0) is 57.4 Å². The van der Waals surface area contributed by atoms with Gasteiger partial charge in [0, 0.05) is 76.8 Å². The van der Waals surface area contributed by atoms with Crippen LogP contribution in [-0.2, 0) is 23.9 Å². The van der Waals surface area contributed by atoms with Crippen LogP contribution in [0.4, 0.5) is 22.6 Å². The number of nitrogens with zero attached hydrogens (tertiary/aromatic N) is 8. The van der Waals surface area contributed by atoms with E-state index in [1.54, 1.807) is 11.9 Å². The quantitative estimate of drug-likeness (QED) is 0.0633. The van der Waals surface area contributed by atoms with Crippen LogP contribution in [0.15, 0.2) is 0 Å². The summed E-state index contributed by atoms with van der Waals surface area (Å²) in [5, 5.41) is 13.1. The van der Waals surface area contributed by atoms with Crippen molar-refractivity contribution in [2.75, 3.05) is 107 Å². The molecule has 5 aliphatic rings. The molecule has 0 aromatic carbocycles. The monoisotopic (exact) mass is 942 g/mol. The third-order valence-electron chi connectivity index (χ3n) is 14.0. The van der Waals surface area contributed by atoms with Crippen LogP contribution >= 0.6 is 11.8 Å². The number of urea groups is 1. The van der Waals surface area contributed by atoms with Crippen LogP contribution in [0.1, 0.15) is 117 Å². The van der Waals surface area contributed by atoms with Crippen molar-refractivity contribution in [3.05, 3.63) is 0 Å². The van der Waals surface area contributed by atoms with Gasteiger partial charge in [0.15, 0.2) is 0 Å². The molecule has 0 spiro atoms. The van der Waals surface area contributed by atoms with Gasteiger partial charge in [0.2, 0.25) is 41.5 Å². The minimum absolute atomic E-state index is 0.00129. The second kappa shape index (κ2) is 26.4. The fourth-order valence-corrected chi connectivity index (χ4v) is 11.3. The van der Waals surface area contributed by atoms with Crippen molar-refractivity contribution >= 4 is 59.3 Å². The third kappa shape index (κ3) is 14.4. The van der Waals surface area contributed by atoms with E-state index >= 15 is 0 Å². The Morgan fingerprint density at radius 1 is 0.833 bits per heavy atom. The number of thioether (sulfide) groups is 1. The van der Waals surface area contributed by atoms with Crippen molar-refractivity contribution in [1.29, 1.82) is 0 Å². The molecule has 6 atom stereocenters. The zero-order valence-electron chi connectivity index (χ0n) is 40.0. The first-order chi connectivity index (χ1) is 32.1. The molecule has 20 heteroatoms. The van der Waals surface area contributed by atoms with E-state index in [0.29, 0.717) is 94.8 Å². The lowest BCUT2D eigenvalue weighted by Crippen LogP contribution is -2.64. The zero-order chi connectivity index (χ0) is 46.8. The fourth-order valence-electron chi connectivity index (χ4n) is 9.75. The summed E-state index contributed by atoms with van der Waals surface area (Å²) in [6.45, 7) is 11.1. The van der Waals surface area contributed by atoms with Gasteiger partial charge in [0.05, 0.1) is 25.3 Å². The molecule has 6 amide bonds. The summed E-state index contributed by atoms with van der Waals surface area (Å²) in [5.41, 5.74) is 5.73. The Morgan fingerprint density at radius 2 is 1.50 bits per heavy atom. The van der Waals surface area contributed by atoms with Crippen molar-refractivity contribution < 1.29 is 28.7 Å². The highest BCUT2D eigenvalue weighted by Crippen LogP contribution is 2.33. The molecule has 1 aromatic rings. The highest BCUT2D eigenvalue weighted by atomic mass is 32.2. The lowest BCUT2D eigenvalue weighted by molar-refractivity contribution is -0.161. The average molecular weight is 942 g/mol. The van der Waals surface area contributed by atoms with Crippen molar-refractivity contribution in [2.24, 2.45) is 11.7 Å². The van der Waals surface area contributed by atoms with Gasteiger partial charge in [-0.3, -0.25) is 19.2 Å². The highest BCUT2D eigenvalue weighted by Gasteiger charge is 2.44. The van der Waals surface area contributed by atoms with Gasteiger partial charge < -0.3 is 56.2 Å². The maximum absolute atomic E-state index is 13.6. The van der Waals surface area contributed by atoms with Crippen LogP contribution in [0.25, 0.3) is 0 Å².